The third-order valence-electron chi connectivity index (χ3n) is 3.76. The van der Waals surface area contributed by atoms with E-state index < -0.39 is 0 Å². The molecule has 0 saturated heterocycles. The van der Waals surface area contributed by atoms with Gasteiger partial charge in [-0.2, -0.15) is 0 Å². The fourth-order valence-corrected chi connectivity index (χ4v) is 2.35. The fraction of sp³-hybridized carbons (Fsp3) is 0.429. The highest BCUT2D eigenvalue weighted by Gasteiger charge is 2.02. The van der Waals surface area contributed by atoms with E-state index in [1.54, 1.807) is 0 Å². The number of rotatable bonds is 9. The summed E-state index contributed by atoms with van der Waals surface area (Å²) in [5, 5.41) is 3.48. The smallest absolute Gasteiger partial charge is 0.120 e. The molecule has 0 aliphatic heterocycles. The molecule has 0 spiro atoms. The minimum atomic E-state index is 0.207. The maximum absolute atomic E-state index is 5.87. The van der Waals surface area contributed by atoms with E-state index in [0.29, 0.717) is 0 Å². The van der Waals surface area contributed by atoms with E-state index in [1.807, 2.05) is 38.1 Å². The molecule has 24 heavy (non-hydrogen) atoms. The first kappa shape index (κ1) is 18.3. The summed E-state index contributed by atoms with van der Waals surface area (Å²) in [4.78, 5) is 0. The SMILES string of the molecule is CCC(C)Oc1cccc(CNCc2ccc(OC(C)C)cc2)c1. The molecular formula is C21H29NO2. The average molecular weight is 327 g/mol. The largest absolute Gasteiger partial charge is 0.491 e. The van der Waals surface area contributed by atoms with Gasteiger partial charge in [-0.1, -0.05) is 31.2 Å². The first-order chi connectivity index (χ1) is 11.6. The molecular weight excluding hydrogens is 298 g/mol. The second kappa shape index (κ2) is 9.33. The zero-order valence-electron chi connectivity index (χ0n) is 15.2. The Balaban J connectivity index is 1.82. The lowest BCUT2D eigenvalue weighted by molar-refractivity contribution is 0.217. The second-order valence-electron chi connectivity index (χ2n) is 6.40. The standard InChI is InChI=1S/C21H29NO2/c1-5-17(4)24-21-8-6-7-19(13-21)15-22-14-18-9-11-20(12-10-18)23-16(2)3/h6-13,16-17,22H,5,14-15H2,1-4H3. The van der Waals surface area contributed by atoms with E-state index in [-0.39, 0.29) is 12.2 Å². The van der Waals surface area contributed by atoms with Gasteiger partial charge in [0.1, 0.15) is 11.5 Å². The summed E-state index contributed by atoms with van der Waals surface area (Å²) < 4.78 is 11.5. The lowest BCUT2D eigenvalue weighted by atomic mass is 10.2. The Bertz CT molecular complexity index is 607. The van der Waals surface area contributed by atoms with Crippen LogP contribution in [0.25, 0.3) is 0 Å². The van der Waals surface area contributed by atoms with E-state index in [9.17, 15) is 0 Å². The van der Waals surface area contributed by atoms with Crippen LogP contribution in [0.1, 0.15) is 45.2 Å². The van der Waals surface area contributed by atoms with Gasteiger partial charge in [0.05, 0.1) is 12.2 Å². The van der Waals surface area contributed by atoms with Crippen molar-refractivity contribution in [2.45, 2.75) is 59.4 Å². The summed E-state index contributed by atoms with van der Waals surface area (Å²) in [5.74, 6) is 1.86. The van der Waals surface area contributed by atoms with E-state index in [4.69, 9.17) is 9.47 Å². The van der Waals surface area contributed by atoms with Crippen LogP contribution in [0.2, 0.25) is 0 Å². The highest BCUT2D eigenvalue weighted by Crippen LogP contribution is 2.16. The maximum Gasteiger partial charge on any atom is 0.120 e. The Morgan fingerprint density at radius 1 is 0.833 bits per heavy atom. The molecule has 0 bridgehead atoms. The zero-order valence-corrected chi connectivity index (χ0v) is 15.2. The van der Waals surface area contributed by atoms with Crippen LogP contribution in [0.3, 0.4) is 0 Å². The second-order valence-corrected chi connectivity index (χ2v) is 6.40. The molecule has 3 heteroatoms. The van der Waals surface area contributed by atoms with Gasteiger partial charge in [0.2, 0.25) is 0 Å². The van der Waals surface area contributed by atoms with Crippen LogP contribution in [0.4, 0.5) is 0 Å². The summed E-state index contributed by atoms with van der Waals surface area (Å²) in [6, 6.07) is 16.6. The van der Waals surface area contributed by atoms with Crippen molar-refractivity contribution in [2.24, 2.45) is 0 Å². The molecule has 0 amide bonds. The Kier molecular flexibility index (Phi) is 7.13. The summed E-state index contributed by atoms with van der Waals surface area (Å²) >= 11 is 0. The molecule has 0 aromatic heterocycles. The van der Waals surface area contributed by atoms with Crippen LogP contribution in [0, 0.1) is 0 Å². The lowest BCUT2D eigenvalue weighted by Crippen LogP contribution is -2.13. The maximum atomic E-state index is 5.87. The molecule has 2 aromatic rings. The summed E-state index contributed by atoms with van der Waals surface area (Å²) in [6.45, 7) is 9.95. The molecule has 0 radical (unpaired) electrons. The summed E-state index contributed by atoms with van der Waals surface area (Å²) in [5.41, 5.74) is 2.48. The van der Waals surface area contributed by atoms with Gasteiger partial charge in [-0.15, -0.1) is 0 Å². The normalized spacial score (nSPS) is 12.2. The van der Waals surface area contributed by atoms with E-state index >= 15 is 0 Å². The van der Waals surface area contributed by atoms with E-state index in [0.717, 1.165) is 31.0 Å². The molecule has 0 fully saturated rings. The average Bonchev–Trinajstić information content (AvgIpc) is 2.56. The predicted octanol–water partition coefficient (Wildman–Crippen LogP) is 4.94. The van der Waals surface area contributed by atoms with Crippen molar-refractivity contribution >= 4 is 0 Å². The Hall–Kier alpha value is -2.00. The molecule has 1 atom stereocenters. The fourth-order valence-electron chi connectivity index (χ4n) is 2.35. The molecule has 130 valence electrons. The van der Waals surface area contributed by atoms with Crippen molar-refractivity contribution in [1.82, 2.24) is 5.32 Å². The predicted molar refractivity (Wildman–Crippen MR) is 99.6 cm³/mol. The monoisotopic (exact) mass is 327 g/mol. The summed E-state index contributed by atoms with van der Waals surface area (Å²) in [7, 11) is 0. The van der Waals surface area contributed by atoms with Gasteiger partial charge in [0.15, 0.2) is 0 Å². The first-order valence-electron chi connectivity index (χ1n) is 8.78. The molecule has 1 N–H and O–H groups in total. The van der Waals surface area contributed by atoms with Crippen molar-refractivity contribution in [3.63, 3.8) is 0 Å². The number of hydrogen-bond donors (Lipinski definition) is 1. The van der Waals surface area contributed by atoms with Gasteiger partial charge < -0.3 is 14.8 Å². The minimum Gasteiger partial charge on any atom is -0.491 e. The third-order valence-corrected chi connectivity index (χ3v) is 3.76. The van der Waals surface area contributed by atoms with Gasteiger partial charge in [-0.3, -0.25) is 0 Å². The van der Waals surface area contributed by atoms with Gasteiger partial charge in [0, 0.05) is 13.1 Å². The molecule has 0 saturated carbocycles. The molecule has 0 aliphatic rings. The van der Waals surface area contributed by atoms with E-state index in [1.165, 1.54) is 11.1 Å². The number of benzene rings is 2. The molecule has 0 heterocycles. The van der Waals surface area contributed by atoms with Crippen molar-refractivity contribution in [1.29, 1.82) is 0 Å². The van der Waals surface area contributed by atoms with Crippen LogP contribution in [0.15, 0.2) is 48.5 Å². The highest BCUT2D eigenvalue weighted by atomic mass is 16.5. The number of hydrogen-bond acceptors (Lipinski definition) is 3. The lowest BCUT2D eigenvalue weighted by Gasteiger charge is -2.14. The molecule has 2 aromatic carbocycles. The van der Waals surface area contributed by atoms with Crippen molar-refractivity contribution < 1.29 is 9.47 Å². The molecule has 3 nitrogen and oxygen atoms in total. The molecule has 1 unspecified atom stereocenters. The minimum absolute atomic E-state index is 0.207. The van der Waals surface area contributed by atoms with Crippen LogP contribution in [0.5, 0.6) is 11.5 Å². The van der Waals surface area contributed by atoms with E-state index in [2.05, 4.69) is 43.4 Å². The van der Waals surface area contributed by atoms with Crippen LogP contribution < -0.4 is 14.8 Å². The quantitative estimate of drug-likeness (QED) is 0.707. The molecule has 2 rings (SSSR count). The summed E-state index contributed by atoms with van der Waals surface area (Å²) in [6.07, 6.45) is 1.47. The van der Waals surface area contributed by atoms with Gasteiger partial charge in [-0.25, -0.2) is 0 Å². The highest BCUT2D eigenvalue weighted by molar-refractivity contribution is 5.29. The zero-order chi connectivity index (χ0) is 17.4. The first-order valence-corrected chi connectivity index (χ1v) is 8.78. The van der Waals surface area contributed by atoms with Gasteiger partial charge >= 0.3 is 0 Å². The van der Waals surface area contributed by atoms with Crippen molar-refractivity contribution in [3.8, 4) is 11.5 Å². The Morgan fingerprint density at radius 3 is 2.21 bits per heavy atom. The van der Waals surface area contributed by atoms with Crippen LogP contribution >= 0.6 is 0 Å². The van der Waals surface area contributed by atoms with Crippen LogP contribution in [-0.4, -0.2) is 12.2 Å². The van der Waals surface area contributed by atoms with Gasteiger partial charge in [0.25, 0.3) is 0 Å². The van der Waals surface area contributed by atoms with Gasteiger partial charge in [-0.05, 0) is 62.6 Å². The van der Waals surface area contributed by atoms with Crippen LogP contribution in [-0.2, 0) is 13.1 Å². The Labute approximate surface area is 146 Å². The van der Waals surface area contributed by atoms with Crippen molar-refractivity contribution in [3.05, 3.63) is 59.7 Å². The number of nitrogens with one attached hydrogen (secondary N) is 1. The topological polar surface area (TPSA) is 30.5 Å². The molecule has 0 aliphatic carbocycles. The Morgan fingerprint density at radius 2 is 1.54 bits per heavy atom. The van der Waals surface area contributed by atoms with Crippen molar-refractivity contribution in [2.75, 3.05) is 0 Å². The third kappa shape index (κ3) is 6.25. The number of ether oxygens (including phenoxy) is 2.